The normalized spacial score (nSPS) is 12.7. The van der Waals surface area contributed by atoms with Gasteiger partial charge >= 0.3 is 0 Å². The van der Waals surface area contributed by atoms with Crippen LogP contribution in [-0.4, -0.2) is 32.3 Å². The van der Waals surface area contributed by atoms with Crippen LogP contribution in [-0.2, 0) is 4.79 Å². The molecule has 0 aliphatic rings. The molecule has 0 fully saturated rings. The van der Waals surface area contributed by atoms with Crippen LogP contribution >= 0.6 is 11.8 Å². The van der Waals surface area contributed by atoms with E-state index in [1.165, 1.54) is 22.7 Å². The van der Waals surface area contributed by atoms with Crippen molar-refractivity contribution in [2.24, 2.45) is 0 Å². The fraction of sp³-hybridized carbons (Fsp3) is 0.353. The molecule has 6 heteroatoms. The first-order chi connectivity index (χ1) is 11.1. The second kappa shape index (κ2) is 6.58. The lowest BCUT2D eigenvalue weighted by Crippen LogP contribution is -2.33. The summed E-state index contributed by atoms with van der Waals surface area (Å²) < 4.78 is 2.02. The summed E-state index contributed by atoms with van der Waals surface area (Å²) >= 11 is 1.42. The summed E-state index contributed by atoms with van der Waals surface area (Å²) in [6.07, 6.45) is 0.925. The van der Waals surface area contributed by atoms with Crippen molar-refractivity contribution in [2.75, 3.05) is 5.75 Å². The largest absolute Gasteiger partial charge is 0.353 e. The molecule has 0 saturated heterocycles. The molecular formula is C17H20N4OS. The zero-order valence-electron chi connectivity index (χ0n) is 13.5. The molecule has 0 aliphatic heterocycles. The van der Waals surface area contributed by atoms with Crippen molar-refractivity contribution < 1.29 is 4.79 Å². The minimum atomic E-state index is 0.0255. The smallest absolute Gasteiger partial charge is 0.230 e. The van der Waals surface area contributed by atoms with Crippen molar-refractivity contribution >= 4 is 34.2 Å². The Balaban J connectivity index is 1.90. The number of amides is 1. The predicted molar refractivity (Wildman–Crippen MR) is 93.8 cm³/mol. The average Bonchev–Trinajstić information content (AvgIpc) is 2.96. The maximum absolute atomic E-state index is 12.0. The Morgan fingerprint density at radius 2 is 2.13 bits per heavy atom. The van der Waals surface area contributed by atoms with E-state index in [0.717, 1.165) is 22.7 Å². The number of nitrogens with one attached hydrogen (secondary N) is 1. The zero-order chi connectivity index (χ0) is 16.4. The number of aromatic nitrogens is 3. The summed E-state index contributed by atoms with van der Waals surface area (Å²) in [5.41, 5.74) is 3.05. The summed E-state index contributed by atoms with van der Waals surface area (Å²) in [7, 11) is 0. The topological polar surface area (TPSA) is 59.3 Å². The van der Waals surface area contributed by atoms with Crippen molar-refractivity contribution in [1.82, 2.24) is 19.9 Å². The van der Waals surface area contributed by atoms with Gasteiger partial charge in [-0.2, -0.15) is 0 Å². The lowest BCUT2D eigenvalue weighted by Gasteiger charge is -2.11. The van der Waals surface area contributed by atoms with Crippen LogP contribution in [0.5, 0.6) is 0 Å². The second-order valence-electron chi connectivity index (χ2n) is 5.69. The van der Waals surface area contributed by atoms with Crippen molar-refractivity contribution in [2.45, 2.75) is 38.4 Å². The molecule has 5 nitrogen and oxygen atoms in total. The van der Waals surface area contributed by atoms with Crippen LogP contribution in [0.15, 0.2) is 35.5 Å². The Labute approximate surface area is 139 Å². The standard InChI is InChI=1S/C17H20N4OS/c1-4-12(3)18-16(22)10-23-17-20-19-15-9-11(2)13-7-5-6-8-14(13)21(15)17/h5-9,12H,4,10H2,1-3H3,(H,18,22). The number of hydrogen-bond acceptors (Lipinski definition) is 4. The molecule has 23 heavy (non-hydrogen) atoms. The number of pyridine rings is 1. The van der Waals surface area contributed by atoms with E-state index in [0.29, 0.717) is 5.75 Å². The fourth-order valence-electron chi connectivity index (χ4n) is 2.52. The fourth-order valence-corrected chi connectivity index (χ4v) is 3.28. The lowest BCUT2D eigenvalue weighted by atomic mass is 10.1. The summed E-state index contributed by atoms with van der Waals surface area (Å²) in [4.78, 5) is 12.0. The van der Waals surface area contributed by atoms with Gasteiger partial charge in [0.15, 0.2) is 10.8 Å². The molecule has 0 aliphatic carbocycles. The Morgan fingerprint density at radius 1 is 1.35 bits per heavy atom. The first-order valence-corrected chi connectivity index (χ1v) is 8.74. The molecule has 1 aromatic carbocycles. The summed E-state index contributed by atoms with van der Waals surface area (Å²) in [5.74, 6) is 0.366. The quantitative estimate of drug-likeness (QED) is 0.731. The molecule has 3 aromatic rings. The molecular weight excluding hydrogens is 308 g/mol. The molecule has 2 aromatic heterocycles. The Bertz CT molecular complexity index is 858. The third-order valence-electron chi connectivity index (χ3n) is 3.93. The number of fused-ring (bicyclic) bond motifs is 3. The third-order valence-corrected chi connectivity index (χ3v) is 4.85. The van der Waals surface area contributed by atoms with Crippen LogP contribution in [0.4, 0.5) is 0 Å². The predicted octanol–water partition coefficient (Wildman–Crippen LogP) is 3.20. The third kappa shape index (κ3) is 3.17. The van der Waals surface area contributed by atoms with E-state index in [1.807, 2.05) is 29.5 Å². The van der Waals surface area contributed by atoms with Gasteiger partial charge in [-0.3, -0.25) is 9.20 Å². The first kappa shape index (κ1) is 15.8. The van der Waals surface area contributed by atoms with Gasteiger partial charge in [-0.25, -0.2) is 0 Å². The van der Waals surface area contributed by atoms with E-state index < -0.39 is 0 Å². The van der Waals surface area contributed by atoms with Crippen molar-refractivity contribution in [3.8, 4) is 0 Å². The molecule has 1 N–H and O–H groups in total. The van der Waals surface area contributed by atoms with Crippen LogP contribution in [0.2, 0.25) is 0 Å². The molecule has 120 valence electrons. The van der Waals surface area contributed by atoms with E-state index in [4.69, 9.17) is 0 Å². The van der Waals surface area contributed by atoms with Crippen LogP contribution in [0.3, 0.4) is 0 Å². The molecule has 1 amide bonds. The monoisotopic (exact) mass is 328 g/mol. The number of hydrogen-bond donors (Lipinski definition) is 1. The van der Waals surface area contributed by atoms with Crippen molar-refractivity contribution in [1.29, 1.82) is 0 Å². The molecule has 2 heterocycles. The Morgan fingerprint density at radius 3 is 2.91 bits per heavy atom. The molecule has 1 unspecified atom stereocenters. The number of rotatable bonds is 5. The maximum atomic E-state index is 12.0. The SMILES string of the molecule is CCC(C)NC(=O)CSc1nnc2cc(C)c3ccccc3n12. The van der Waals surface area contributed by atoms with Gasteiger partial charge in [-0.05, 0) is 38.0 Å². The number of aryl methyl sites for hydroxylation is 1. The highest BCUT2D eigenvalue weighted by Gasteiger charge is 2.13. The van der Waals surface area contributed by atoms with Gasteiger partial charge in [0.25, 0.3) is 0 Å². The number of carbonyl (C=O) groups excluding carboxylic acids is 1. The summed E-state index contributed by atoms with van der Waals surface area (Å²) in [5, 5.41) is 13.4. The highest BCUT2D eigenvalue weighted by atomic mass is 32.2. The minimum absolute atomic E-state index is 0.0255. The number of benzene rings is 1. The first-order valence-electron chi connectivity index (χ1n) is 7.75. The highest BCUT2D eigenvalue weighted by molar-refractivity contribution is 7.99. The number of carbonyl (C=O) groups is 1. The zero-order valence-corrected chi connectivity index (χ0v) is 14.4. The van der Waals surface area contributed by atoms with Gasteiger partial charge in [0.2, 0.25) is 5.91 Å². The minimum Gasteiger partial charge on any atom is -0.353 e. The summed E-state index contributed by atoms with van der Waals surface area (Å²) in [6.45, 7) is 6.13. The van der Waals surface area contributed by atoms with Crippen LogP contribution in [0.25, 0.3) is 16.6 Å². The van der Waals surface area contributed by atoms with Crippen LogP contribution in [0, 0.1) is 6.92 Å². The van der Waals surface area contributed by atoms with Crippen molar-refractivity contribution in [3.63, 3.8) is 0 Å². The molecule has 1 atom stereocenters. The average molecular weight is 328 g/mol. The van der Waals surface area contributed by atoms with Gasteiger partial charge in [-0.15, -0.1) is 10.2 Å². The number of thioether (sulfide) groups is 1. The van der Waals surface area contributed by atoms with Gasteiger partial charge in [-0.1, -0.05) is 36.9 Å². The second-order valence-corrected chi connectivity index (χ2v) is 6.63. The van der Waals surface area contributed by atoms with Gasteiger partial charge in [0.1, 0.15) is 0 Å². The van der Waals surface area contributed by atoms with E-state index in [-0.39, 0.29) is 11.9 Å². The molecule has 0 radical (unpaired) electrons. The highest BCUT2D eigenvalue weighted by Crippen LogP contribution is 2.25. The van der Waals surface area contributed by atoms with E-state index in [9.17, 15) is 4.79 Å². The molecule has 0 saturated carbocycles. The van der Waals surface area contributed by atoms with Gasteiger partial charge in [0.05, 0.1) is 11.3 Å². The van der Waals surface area contributed by atoms with Crippen molar-refractivity contribution in [3.05, 3.63) is 35.9 Å². The van der Waals surface area contributed by atoms with Crippen LogP contribution < -0.4 is 5.32 Å². The molecule has 0 bridgehead atoms. The van der Waals surface area contributed by atoms with E-state index >= 15 is 0 Å². The van der Waals surface area contributed by atoms with Gasteiger partial charge < -0.3 is 5.32 Å². The van der Waals surface area contributed by atoms with E-state index in [2.05, 4.69) is 41.5 Å². The van der Waals surface area contributed by atoms with Crippen LogP contribution in [0.1, 0.15) is 25.8 Å². The molecule has 3 rings (SSSR count). The lowest BCUT2D eigenvalue weighted by molar-refractivity contribution is -0.119. The number of para-hydroxylation sites is 1. The maximum Gasteiger partial charge on any atom is 0.230 e. The Kier molecular flexibility index (Phi) is 4.52. The number of nitrogens with zero attached hydrogens (tertiary/aromatic N) is 3. The summed E-state index contributed by atoms with van der Waals surface area (Å²) in [6, 6.07) is 10.4. The van der Waals surface area contributed by atoms with Gasteiger partial charge in [0, 0.05) is 11.4 Å². The van der Waals surface area contributed by atoms with E-state index in [1.54, 1.807) is 0 Å². The molecule has 0 spiro atoms. The Hall–Kier alpha value is -2.08.